The summed E-state index contributed by atoms with van der Waals surface area (Å²) in [7, 11) is 0.0700. The number of sulfonamides is 1. The predicted molar refractivity (Wildman–Crippen MR) is 225 cm³/mol. The minimum Gasteiger partial charge on any atom is -0.497 e. The van der Waals surface area contributed by atoms with Crippen molar-refractivity contribution in [3.05, 3.63) is 70.5 Å². The summed E-state index contributed by atoms with van der Waals surface area (Å²) >= 11 is 0. The number of carbonyl (C=O) groups excluding carboxylic acids is 2. The number of amides is 2. The Kier molecular flexibility index (Phi) is 10.5. The van der Waals surface area contributed by atoms with Gasteiger partial charge in [0.2, 0.25) is 15.9 Å². The number of hydrogen-bond acceptors (Lipinski definition) is 8. The van der Waals surface area contributed by atoms with E-state index in [4.69, 9.17) is 14.6 Å². The van der Waals surface area contributed by atoms with Crippen LogP contribution in [-0.4, -0.2) is 102 Å². The van der Waals surface area contributed by atoms with Gasteiger partial charge in [-0.15, -0.1) is 0 Å². The number of hydrogen-bond donors (Lipinski definition) is 1. The molecule has 58 heavy (non-hydrogen) atoms. The van der Waals surface area contributed by atoms with Crippen molar-refractivity contribution in [1.29, 1.82) is 0 Å². The van der Waals surface area contributed by atoms with E-state index >= 15 is 4.79 Å². The molecule has 9 rings (SSSR count). The lowest BCUT2D eigenvalue weighted by atomic mass is 9.81. The van der Waals surface area contributed by atoms with Crippen LogP contribution in [0.3, 0.4) is 0 Å². The Morgan fingerprint density at radius 2 is 1.67 bits per heavy atom. The molecule has 2 aromatic carbocycles. The summed E-state index contributed by atoms with van der Waals surface area (Å²) in [5, 5.41) is 5.48. The number of benzene rings is 2. The summed E-state index contributed by atoms with van der Waals surface area (Å²) in [6.45, 7) is 6.61. The van der Waals surface area contributed by atoms with E-state index in [1.165, 1.54) is 24.8 Å². The molecule has 6 heterocycles. The molecule has 13 heteroatoms. The van der Waals surface area contributed by atoms with Crippen LogP contribution >= 0.6 is 0 Å². The zero-order valence-corrected chi connectivity index (χ0v) is 35.0. The van der Waals surface area contributed by atoms with Crippen molar-refractivity contribution in [2.24, 2.45) is 0 Å². The molecule has 308 valence electrons. The van der Waals surface area contributed by atoms with Crippen molar-refractivity contribution in [3.8, 4) is 17.0 Å². The third-order valence-corrected chi connectivity index (χ3v) is 15.1. The summed E-state index contributed by atoms with van der Waals surface area (Å²) < 4.78 is 43.7. The molecule has 1 N–H and O–H groups in total. The monoisotopic (exact) mass is 808 g/mol. The highest BCUT2D eigenvalue weighted by atomic mass is 32.2. The molecule has 2 amide bonds. The van der Waals surface area contributed by atoms with Crippen LogP contribution in [0.2, 0.25) is 0 Å². The zero-order valence-electron chi connectivity index (χ0n) is 34.2. The van der Waals surface area contributed by atoms with E-state index in [9.17, 15) is 13.2 Å². The molecular weight excluding hydrogens is 753 g/mol. The molecule has 2 bridgehead atoms. The molecule has 2 unspecified atom stereocenters. The van der Waals surface area contributed by atoms with Crippen molar-refractivity contribution in [2.45, 2.75) is 114 Å². The summed E-state index contributed by atoms with van der Waals surface area (Å²) in [6.07, 6.45) is 13.4. The number of piperazine rings is 1. The molecule has 2 atom stereocenters. The Balaban J connectivity index is 1.23. The van der Waals surface area contributed by atoms with Gasteiger partial charge in [-0.2, -0.15) is 5.10 Å². The third kappa shape index (κ3) is 7.06. The number of rotatable bonds is 9. The summed E-state index contributed by atoms with van der Waals surface area (Å²) in [5.74, 6) is 0.607. The third-order valence-electron chi connectivity index (χ3n) is 13.4. The number of fused-ring (bicyclic) bond motifs is 7. The molecular formula is C45H56N6O6S. The Morgan fingerprint density at radius 3 is 2.38 bits per heavy atom. The van der Waals surface area contributed by atoms with Crippen molar-refractivity contribution >= 4 is 44.4 Å². The van der Waals surface area contributed by atoms with Crippen LogP contribution < -0.4 is 9.46 Å². The number of methoxy groups -OCH3 is 1. The van der Waals surface area contributed by atoms with Gasteiger partial charge in [-0.05, 0) is 118 Å². The van der Waals surface area contributed by atoms with Crippen molar-refractivity contribution in [2.75, 3.05) is 40.5 Å². The van der Waals surface area contributed by atoms with E-state index in [1.54, 1.807) is 21.0 Å². The lowest BCUT2D eigenvalue weighted by Gasteiger charge is -2.39. The molecule has 2 aromatic heterocycles. The van der Waals surface area contributed by atoms with E-state index in [1.807, 2.05) is 18.3 Å². The molecule has 4 aromatic rings. The van der Waals surface area contributed by atoms with Gasteiger partial charge in [0.05, 0.1) is 54.5 Å². The van der Waals surface area contributed by atoms with Crippen LogP contribution in [0.15, 0.2) is 42.6 Å². The fraction of sp³-hybridized carbons (Fsp3) is 0.533. The van der Waals surface area contributed by atoms with Gasteiger partial charge < -0.3 is 23.8 Å². The molecule has 12 nitrogen and oxygen atoms in total. The maximum Gasteiger partial charge on any atom is 0.258 e. The predicted octanol–water partition coefficient (Wildman–Crippen LogP) is 6.78. The first-order valence-electron chi connectivity index (χ1n) is 21.3. The molecule has 3 saturated heterocycles. The van der Waals surface area contributed by atoms with Crippen LogP contribution in [-0.2, 0) is 32.5 Å². The Morgan fingerprint density at radius 1 is 0.931 bits per heavy atom. The minimum absolute atomic E-state index is 0.0510. The highest BCUT2D eigenvalue weighted by Crippen LogP contribution is 2.48. The lowest BCUT2D eigenvalue weighted by molar-refractivity contribution is -0.118. The second-order valence-electron chi connectivity index (χ2n) is 17.5. The van der Waals surface area contributed by atoms with Crippen LogP contribution in [0.4, 0.5) is 0 Å². The first-order chi connectivity index (χ1) is 28.0. The number of likely N-dealkylation sites (tertiary alicyclic amines) is 1. The first-order valence-corrected chi connectivity index (χ1v) is 22.8. The topological polar surface area (TPSA) is 128 Å². The van der Waals surface area contributed by atoms with Crippen LogP contribution in [0.5, 0.6) is 5.75 Å². The maximum atomic E-state index is 15.0. The Hall–Kier alpha value is -4.46. The smallest absolute Gasteiger partial charge is 0.258 e. The fourth-order valence-electron chi connectivity index (χ4n) is 10.5. The van der Waals surface area contributed by atoms with Gasteiger partial charge >= 0.3 is 0 Å². The van der Waals surface area contributed by atoms with Crippen LogP contribution in [0.25, 0.3) is 33.8 Å². The molecule has 1 aliphatic carbocycles. The van der Waals surface area contributed by atoms with Crippen LogP contribution in [0.1, 0.15) is 116 Å². The van der Waals surface area contributed by atoms with Gasteiger partial charge in [0, 0.05) is 54.9 Å². The molecule has 0 radical (unpaired) electrons. The van der Waals surface area contributed by atoms with Crippen molar-refractivity contribution in [3.63, 3.8) is 0 Å². The van der Waals surface area contributed by atoms with Gasteiger partial charge in [-0.1, -0.05) is 31.4 Å². The Labute approximate surface area is 341 Å². The number of aromatic nitrogens is 3. The van der Waals surface area contributed by atoms with Gasteiger partial charge in [-0.25, -0.2) is 8.42 Å². The lowest BCUT2D eigenvalue weighted by Crippen LogP contribution is -2.54. The van der Waals surface area contributed by atoms with Gasteiger partial charge in [0.25, 0.3) is 5.91 Å². The molecule has 1 saturated carbocycles. The van der Waals surface area contributed by atoms with E-state index < -0.39 is 21.2 Å². The highest BCUT2D eigenvalue weighted by molar-refractivity contribution is 7.90. The second-order valence-corrected chi connectivity index (χ2v) is 19.7. The molecule has 5 aliphatic rings. The summed E-state index contributed by atoms with van der Waals surface area (Å²) in [5.41, 5.74) is 8.78. The largest absolute Gasteiger partial charge is 0.497 e. The van der Waals surface area contributed by atoms with Gasteiger partial charge in [-0.3, -0.25) is 19.0 Å². The minimum atomic E-state index is -3.77. The SMILES string of the molecule is COc1ccc2c(c1)C=C(c1c(C(=O)N3C4CCC3CN(C)C4)cnn1C1CCOCC1)Cn1c-2c(C2CCCCC2)c2ccc(CC(=O)NS(=O)(=O)C(C)C)cc21. The number of carbonyl (C=O) groups is 2. The highest BCUT2D eigenvalue weighted by Gasteiger charge is 2.43. The first kappa shape index (κ1) is 39.0. The van der Waals surface area contributed by atoms with E-state index in [0.717, 1.165) is 102 Å². The molecule has 0 spiro atoms. The molecule has 4 fully saturated rings. The van der Waals surface area contributed by atoms with E-state index in [-0.39, 0.29) is 30.5 Å². The van der Waals surface area contributed by atoms with E-state index in [0.29, 0.717) is 31.2 Å². The zero-order chi connectivity index (χ0) is 40.3. The summed E-state index contributed by atoms with van der Waals surface area (Å²) in [4.78, 5) is 32.7. The van der Waals surface area contributed by atoms with Crippen LogP contribution in [0, 0.1) is 0 Å². The normalized spacial score (nSPS) is 21.8. The molecule has 4 aliphatic heterocycles. The standard InChI is InChI=1S/C45H56N6O6S/c1-28(2)58(54,55)47-41(52)21-29-10-14-38-40(20-29)49-25-32(22-31-23-36(56-4)13-15-37(31)44(49)42(38)30-8-6-5-7-9-30)43-39(24-46-51(43)33-16-18-57-19-17-33)45(53)50-34-11-12-35(50)27-48(3)26-34/h10,13-15,20,22-24,28,30,33-35H,5-9,11-12,16-19,21,25-27H2,1-4H3,(H,47,52). The number of nitrogens with zero attached hydrogens (tertiary/aromatic N) is 5. The van der Waals surface area contributed by atoms with Gasteiger partial charge in [0.1, 0.15) is 5.75 Å². The maximum absolute atomic E-state index is 15.0. The average molecular weight is 809 g/mol. The van der Waals surface area contributed by atoms with Crippen molar-refractivity contribution in [1.82, 2.24) is 28.9 Å². The Bertz CT molecular complexity index is 2370. The number of nitrogens with one attached hydrogen (secondary N) is 1. The quantitative estimate of drug-likeness (QED) is 0.196. The number of allylic oxidation sites excluding steroid dienone is 1. The number of likely N-dealkylation sites (N-methyl/N-ethyl adjacent to an activating group) is 1. The van der Waals surface area contributed by atoms with E-state index in [2.05, 4.69) is 61.2 Å². The average Bonchev–Trinajstić information content (AvgIpc) is 3.84. The fourth-order valence-corrected chi connectivity index (χ4v) is 11.1. The number of ether oxygens (including phenoxy) is 2. The second kappa shape index (κ2) is 15.6. The van der Waals surface area contributed by atoms with Crippen molar-refractivity contribution < 1.29 is 27.5 Å². The van der Waals surface area contributed by atoms with Gasteiger partial charge in [0.15, 0.2) is 0 Å². The summed E-state index contributed by atoms with van der Waals surface area (Å²) in [6, 6.07) is 12.9.